The van der Waals surface area contributed by atoms with E-state index in [2.05, 4.69) is 36.0 Å². The Bertz CT molecular complexity index is 1390. The second-order valence-corrected chi connectivity index (χ2v) is 7.92. The molecule has 3 aromatic heterocycles. The van der Waals surface area contributed by atoms with Crippen molar-refractivity contribution in [2.45, 2.75) is 20.8 Å². The Morgan fingerprint density at radius 2 is 1.81 bits per heavy atom. The molecule has 0 saturated heterocycles. The van der Waals surface area contributed by atoms with Gasteiger partial charge >= 0.3 is 0 Å². The first-order valence-corrected chi connectivity index (χ1v) is 11.5. The van der Waals surface area contributed by atoms with Crippen molar-refractivity contribution < 1.29 is 18.8 Å². The van der Waals surface area contributed by atoms with E-state index in [1.54, 1.807) is 44.2 Å². The fourth-order valence-electron chi connectivity index (χ4n) is 3.65. The Labute approximate surface area is 213 Å². The van der Waals surface area contributed by atoms with Gasteiger partial charge in [-0.2, -0.15) is 0 Å². The van der Waals surface area contributed by atoms with Crippen LogP contribution in [-0.4, -0.2) is 39.6 Å². The molecule has 1 amide bonds. The van der Waals surface area contributed by atoms with E-state index < -0.39 is 11.7 Å². The highest BCUT2D eigenvalue weighted by atomic mass is 19.1. The van der Waals surface area contributed by atoms with Crippen LogP contribution in [0.4, 0.5) is 27.4 Å². The van der Waals surface area contributed by atoms with Crippen molar-refractivity contribution in [3.63, 3.8) is 0 Å². The number of ether oxygens (including phenoxy) is 1. The number of carbonyl (C=O) groups excluding carboxylic acids is 1. The lowest BCUT2D eigenvalue weighted by atomic mass is 10.1. The highest BCUT2D eigenvalue weighted by Crippen LogP contribution is 2.38. The number of hydrogen-bond acceptors (Lipinski definition) is 9. The van der Waals surface area contributed by atoms with Gasteiger partial charge in [-0.3, -0.25) is 14.6 Å². The number of nitrogens with zero attached hydrogens (tertiary/aromatic N) is 4. The summed E-state index contributed by atoms with van der Waals surface area (Å²) in [5, 5.41) is 6.41. The highest BCUT2D eigenvalue weighted by molar-refractivity contribution is 6.00. The number of aryl methyl sites for hydroxylation is 2. The number of benzene rings is 1. The fourth-order valence-corrected chi connectivity index (χ4v) is 3.65. The number of anilines is 4. The minimum absolute atomic E-state index is 0.237. The molecule has 11 heteroatoms. The monoisotopic (exact) mass is 503 g/mol. The predicted octanol–water partition coefficient (Wildman–Crippen LogP) is 4.87. The summed E-state index contributed by atoms with van der Waals surface area (Å²) in [6.45, 7) is 5.73. The van der Waals surface area contributed by atoms with Crippen LogP contribution in [0.1, 0.15) is 28.8 Å². The first-order valence-electron chi connectivity index (χ1n) is 11.5. The Morgan fingerprint density at radius 1 is 0.973 bits per heavy atom. The smallest absolute Gasteiger partial charge is 0.278 e. The number of methoxy groups -OCH3 is 1. The molecule has 3 N–H and O–H groups in total. The van der Waals surface area contributed by atoms with E-state index in [-0.39, 0.29) is 5.56 Å². The number of halogens is 1. The molecule has 0 saturated carbocycles. The van der Waals surface area contributed by atoms with Crippen LogP contribution in [0.25, 0.3) is 11.3 Å². The SMILES string of the molecule is CCONC(=O)c1cnc(Nc2cc(C)nc(C)n2)cc1Nc1cccc(-c2ccc(F)cn2)c1OC. The molecule has 0 unspecified atom stereocenters. The number of amides is 1. The maximum atomic E-state index is 13.4. The molecule has 0 bridgehead atoms. The molecular formula is C26H26FN7O3. The largest absolute Gasteiger partial charge is 0.494 e. The van der Waals surface area contributed by atoms with Crippen molar-refractivity contribution >= 4 is 28.9 Å². The van der Waals surface area contributed by atoms with Crippen molar-refractivity contribution in [2.75, 3.05) is 24.4 Å². The molecule has 0 aliphatic rings. The molecule has 3 heterocycles. The Hall–Kier alpha value is -4.64. The van der Waals surface area contributed by atoms with Crippen LogP contribution in [0.2, 0.25) is 0 Å². The van der Waals surface area contributed by atoms with Gasteiger partial charge in [0.1, 0.15) is 23.3 Å². The van der Waals surface area contributed by atoms with Crippen LogP contribution in [0.15, 0.2) is 54.9 Å². The molecule has 10 nitrogen and oxygen atoms in total. The molecule has 37 heavy (non-hydrogen) atoms. The molecular weight excluding hydrogens is 477 g/mol. The summed E-state index contributed by atoms with van der Waals surface area (Å²) in [6, 6.07) is 11.8. The number of hydroxylamine groups is 1. The van der Waals surface area contributed by atoms with Gasteiger partial charge in [-0.25, -0.2) is 24.8 Å². The lowest BCUT2D eigenvalue weighted by Gasteiger charge is -2.18. The van der Waals surface area contributed by atoms with E-state index in [1.807, 2.05) is 13.0 Å². The van der Waals surface area contributed by atoms with Crippen LogP contribution < -0.4 is 20.9 Å². The molecule has 190 valence electrons. The number of aromatic nitrogens is 4. The van der Waals surface area contributed by atoms with E-state index >= 15 is 0 Å². The lowest BCUT2D eigenvalue weighted by Crippen LogP contribution is -2.24. The summed E-state index contributed by atoms with van der Waals surface area (Å²) in [4.78, 5) is 35.1. The van der Waals surface area contributed by atoms with Crippen LogP contribution >= 0.6 is 0 Å². The molecule has 0 radical (unpaired) electrons. The number of para-hydroxylation sites is 1. The summed E-state index contributed by atoms with van der Waals surface area (Å²) >= 11 is 0. The second kappa shape index (κ2) is 11.4. The van der Waals surface area contributed by atoms with E-state index in [0.717, 1.165) is 11.9 Å². The van der Waals surface area contributed by atoms with Gasteiger partial charge in [0.15, 0.2) is 5.75 Å². The molecule has 0 fully saturated rings. The summed E-state index contributed by atoms with van der Waals surface area (Å²) < 4.78 is 19.1. The van der Waals surface area contributed by atoms with Gasteiger partial charge in [-0.1, -0.05) is 6.07 Å². The zero-order chi connectivity index (χ0) is 26.4. The van der Waals surface area contributed by atoms with Crippen LogP contribution in [0, 0.1) is 19.7 Å². The van der Waals surface area contributed by atoms with Gasteiger partial charge in [-0.05, 0) is 45.0 Å². The van der Waals surface area contributed by atoms with Crippen molar-refractivity contribution in [1.29, 1.82) is 0 Å². The average Bonchev–Trinajstić information content (AvgIpc) is 2.87. The first-order chi connectivity index (χ1) is 17.9. The summed E-state index contributed by atoms with van der Waals surface area (Å²) in [7, 11) is 1.52. The van der Waals surface area contributed by atoms with E-state index in [0.29, 0.717) is 52.4 Å². The third-order valence-corrected chi connectivity index (χ3v) is 5.17. The molecule has 4 aromatic rings. The summed E-state index contributed by atoms with van der Waals surface area (Å²) in [5.74, 6) is 1.18. The van der Waals surface area contributed by atoms with Crippen LogP contribution in [0.5, 0.6) is 5.75 Å². The zero-order valence-corrected chi connectivity index (χ0v) is 20.8. The van der Waals surface area contributed by atoms with Gasteiger partial charge in [0, 0.05) is 29.6 Å². The summed E-state index contributed by atoms with van der Waals surface area (Å²) in [6.07, 6.45) is 2.57. The third-order valence-electron chi connectivity index (χ3n) is 5.17. The predicted molar refractivity (Wildman–Crippen MR) is 138 cm³/mol. The quantitative estimate of drug-likeness (QED) is 0.275. The first kappa shape index (κ1) is 25.5. The van der Waals surface area contributed by atoms with Gasteiger partial charge in [0.05, 0.1) is 42.5 Å². The molecule has 0 spiro atoms. The number of pyridine rings is 2. The minimum Gasteiger partial charge on any atom is -0.494 e. The average molecular weight is 504 g/mol. The standard InChI is InChI=1S/C26H26FN7O3/c1-5-37-34-26(35)19-14-29-23(33-24-11-15(2)30-16(3)31-24)12-22(19)32-21-8-6-7-18(25(21)36-4)20-10-9-17(27)13-28-20/h6-14H,5H2,1-4H3,(H,34,35)(H2,29,30,31,32,33). The normalized spacial score (nSPS) is 10.6. The number of carbonyl (C=O) groups is 1. The summed E-state index contributed by atoms with van der Waals surface area (Å²) in [5.41, 5.74) is 5.60. The maximum absolute atomic E-state index is 13.4. The molecule has 1 aromatic carbocycles. The molecule has 4 rings (SSSR count). The van der Waals surface area contributed by atoms with Gasteiger partial charge in [0.2, 0.25) is 0 Å². The van der Waals surface area contributed by atoms with Crippen molar-refractivity contribution in [1.82, 2.24) is 25.4 Å². The number of hydrogen-bond donors (Lipinski definition) is 3. The van der Waals surface area contributed by atoms with Crippen molar-refractivity contribution in [3.05, 3.63) is 77.8 Å². The third kappa shape index (κ3) is 6.14. The second-order valence-electron chi connectivity index (χ2n) is 7.92. The highest BCUT2D eigenvalue weighted by Gasteiger charge is 2.18. The van der Waals surface area contributed by atoms with E-state index in [9.17, 15) is 9.18 Å². The minimum atomic E-state index is -0.479. The fraction of sp³-hybridized carbons (Fsp3) is 0.192. The molecule has 0 aliphatic carbocycles. The Kier molecular flexibility index (Phi) is 7.84. The Morgan fingerprint density at radius 3 is 2.51 bits per heavy atom. The van der Waals surface area contributed by atoms with Crippen molar-refractivity contribution in [2.24, 2.45) is 0 Å². The van der Waals surface area contributed by atoms with Gasteiger partial charge < -0.3 is 15.4 Å². The van der Waals surface area contributed by atoms with E-state index in [1.165, 1.54) is 19.4 Å². The Balaban J connectivity index is 1.74. The van der Waals surface area contributed by atoms with Crippen molar-refractivity contribution in [3.8, 4) is 17.0 Å². The lowest BCUT2D eigenvalue weighted by molar-refractivity contribution is 0.0365. The molecule has 0 aliphatic heterocycles. The van der Waals surface area contributed by atoms with Crippen LogP contribution in [-0.2, 0) is 4.84 Å². The van der Waals surface area contributed by atoms with Gasteiger partial charge in [0.25, 0.3) is 5.91 Å². The zero-order valence-electron chi connectivity index (χ0n) is 20.8. The molecule has 0 atom stereocenters. The van der Waals surface area contributed by atoms with Crippen LogP contribution in [0.3, 0.4) is 0 Å². The van der Waals surface area contributed by atoms with Gasteiger partial charge in [-0.15, -0.1) is 0 Å². The number of nitrogens with one attached hydrogen (secondary N) is 3. The maximum Gasteiger partial charge on any atom is 0.278 e. The topological polar surface area (TPSA) is 123 Å². The number of rotatable bonds is 9. The van der Waals surface area contributed by atoms with E-state index in [4.69, 9.17) is 9.57 Å².